The Morgan fingerprint density at radius 3 is 3.00 bits per heavy atom. The molecule has 3 aromatic rings. The molecule has 0 aliphatic heterocycles. The van der Waals surface area contributed by atoms with Gasteiger partial charge in [0.25, 0.3) is 0 Å². The van der Waals surface area contributed by atoms with E-state index in [9.17, 15) is 0 Å². The number of aryl methyl sites for hydroxylation is 2. The Hall–Kier alpha value is -2.12. The smallest absolute Gasteiger partial charge is 0.224 e. The Kier molecular flexibility index (Phi) is 5.32. The highest BCUT2D eigenvalue weighted by molar-refractivity contribution is 9.10. The minimum Gasteiger partial charge on any atom is -0.497 e. The van der Waals surface area contributed by atoms with Crippen LogP contribution >= 0.6 is 27.5 Å². The fraction of sp³-hybridized carbons (Fsp3) is 0.188. The third kappa shape index (κ3) is 4.24. The average molecular weight is 409 g/mol. The molecule has 2 heterocycles. The molecule has 0 saturated heterocycles. The maximum atomic E-state index is 5.81. The Bertz CT molecular complexity index is 839. The number of ether oxygens (including phenoxy) is 1. The van der Waals surface area contributed by atoms with Crippen LogP contribution in [0.3, 0.4) is 0 Å². The van der Waals surface area contributed by atoms with Crippen molar-refractivity contribution in [2.45, 2.75) is 12.8 Å². The Morgan fingerprint density at radius 2 is 2.17 bits per heavy atom. The fourth-order valence-electron chi connectivity index (χ4n) is 2.22. The van der Waals surface area contributed by atoms with Crippen LogP contribution in [0.15, 0.2) is 41.0 Å². The molecule has 2 aromatic heterocycles. The Balaban J connectivity index is 1.64. The van der Waals surface area contributed by atoms with E-state index in [1.165, 1.54) is 5.56 Å². The van der Waals surface area contributed by atoms with Gasteiger partial charge >= 0.3 is 0 Å². The zero-order valence-electron chi connectivity index (χ0n) is 12.9. The number of rotatable bonds is 6. The minimum absolute atomic E-state index is 0.175. The van der Waals surface area contributed by atoms with E-state index < -0.39 is 0 Å². The summed E-state index contributed by atoms with van der Waals surface area (Å²) in [6, 6.07) is 9.99. The lowest BCUT2D eigenvalue weighted by molar-refractivity contribution is 0.414. The number of aromatic amines is 1. The van der Waals surface area contributed by atoms with Crippen LogP contribution in [-0.4, -0.2) is 27.3 Å². The molecule has 0 radical (unpaired) electrons. The van der Waals surface area contributed by atoms with Crippen molar-refractivity contribution in [2.24, 2.45) is 0 Å². The van der Waals surface area contributed by atoms with Crippen LogP contribution in [0.4, 0.5) is 11.6 Å². The van der Waals surface area contributed by atoms with Gasteiger partial charge in [-0.1, -0.05) is 12.1 Å². The number of hydrogen-bond acceptors (Lipinski definition) is 5. The zero-order valence-corrected chi connectivity index (χ0v) is 15.2. The molecule has 3 rings (SSSR count). The molecule has 2 N–H and O–H groups in total. The van der Waals surface area contributed by atoms with Crippen molar-refractivity contribution in [1.82, 2.24) is 20.2 Å². The van der Waals surface area contributed by atoms with Crippen molar-refractivity contribution >= 4 is 39.2 Å². The highest BCUT2D eigenvalue weighted by Crippen LogP contribution is 2.23. The summed E-state index contributed by atoms with van der Waals surface area (Å²) in [6.45, 7) is 0. The summed E-state index contributed by atoms with van der Waals surface area (Å²) in [5, 5.41) is 10.5. The van der Waals surface area contributed by atoms with E-state index in [0.29, 0.717) is 16.1 Å². The van der Waals surface area contributed by atoms with E-state index >= 15 is 0 Å². The summed E-state index contributed by atoms with van der Waals surface area (Å²) >= 11 is 9.18. The van der Waals surface area contributed by atoms with Crippen molar-refractivity contribution in [3.8, 4) is 5.75 Å². The SMILES string of the molecule is COc1cccc(CCc2cc(Nc3nc(Cl)ncc3Br)n[nH]2)c1. The van der Waals surface area contributed by atoms with E-state index in [-0.39, 0.29) is 5.28 Å². The number of aromatic nitrogens is 4. The third-order valence-electron chi connectivity index (χ3n) is 3.41. The van der Waals surface area contributed by atoms with Gasteiger partial charge in [0.05, 0.1) is 11.6 Å². The van der Waals surface area contributed by atoms with Crippen molar-refractivity contribution < 1.29 is 4.74 Å². The molecular weight excluding hydrogens is 394 g/mol. The van der Waals surface area contributed by atoms with Gasteiger partial charge in [-0.05, 0) is 58.1 Å². The third-order valence-corrected chi connectivity index (χ3v) is 4.17. The lowest BCUT2D eigenvalue weighted by atomic mass is 10.1. The molecule has 0 amide bonds. The van der Waals surface area contributed by atoms with E-state index in [1.54, 1.807) is 13.3 Å². The Labute approximate surface area is 152 Å². The largest absolute Gasteiger partial charge is 0.497 e. The standard InChI is InChI=1S/C16H15BrClN5O/c1-24-12-4-2-3-10(7-12)5-6-11-8-14(23-22-11)20-15-13(17)9-19-16(18)21-15/h2-4,7-9H,5-6H2,1H3,(H2,19,20,21,22,23). The molecule has 0 fully saturated rings. The second-order valence-corrected chi connectivity index (χ2v) is 6.28. The number of nitrogens with zero attached hydrogens (tertiary/aromatic N) is 3. The average Bonchev–Trinajstić information content (AvgIpc) is 3.04. The molecule has 0 aliphatic carbocycles. The first-order valence-electron chi connectivity index (χ1n) is 7.26. The second kappa shape index (κ2) is 7.63. The van der Waals surface area contributed by atoms with Gasteiger partial charge in [-0.3, -0.25) is 5.10 Å². The first-order chi connectivity index (χ1) is 11.6. The van der Waals surface area contributed by atoms with Gasteiger partial charge in [-0.2, -0.15) is 10.1 Å². The summed E-state index contributed by atoms with van der Waals surface area (Å²) in [5.41, 5.74) is 2.24. The molecular formula is C16H15BrClN5O. The molecule has 0 bridgehead atoms. The van der Waals surface area contributed by atoms with Crippen molar-refractivity contribution in [3.63, 3.8) is 0 Å². The lowest BCUT2D eigenvalue weighted by Crippen LogP contribution is -1.96. The van der Waals surface area contributed by atoms with Crippen LogP contribution in [0.2, 0.25) is 5.28 Å². The van der Waals surface area contributed by atoms with E-state index in [2.05, 4.69) is 47.5 Å². The highest BCUT2D eigenvalue weighted by Gasteiger charge is 2.07. The molecule has 0 atom stereocenters. The maximum absolute atomic E-state index is 5.81. The number of methoxy groups -OCH3 is 1. The first-order valence-corrected chi connectivity index (χ1v) is 8.43. The molecule has 0 unspecified atom stereocenters. The first kappa shape index (κ1) is 16.7. The summed E-state index contributed by atoms with van der Waals surface area (Å²) in [6.07, 6.45) is 3.32. The van der Waals surface area contributed by atoms with Gasteiger partial charge in [0, 0.05) is 18.0 Å². The van der Waals surface area contributed by atoms with Crippen LogP contribution in [0, 0.1) is 0 Å². The monoisotopic (exact) mass is 407 g/mol. The predicted octanol–water partition coefficient (Wildman–Crippen LogP) is 4.15. The quantitative estimate of drug-likeness (QED) is 0.599. The van der Waals surface area contributed by atoms with E-state index in [0.717, 1.165) is 24.3 Å². The normalized spacial score (nSPS) is 10.6. The zero-order chi connectivity index (χ0) is 16.9. The lowest BCUT2D eigenvalue weighted by Gasteiger charge is -2.04. The van der Waals surface area contributed by atoms with Crippen molar-refractivity contribution in [2.75, 3.05) is 12.4 Å². The van der Waals surface area contributed by atoms with Gasteiger partial charge in [-0.15, -0.1) is 0 Å². The number of hydrogen-bond donors (Lipinski definition) is 2. The van der Waals surface area contributed by atoms with Crippen LogP contribution in [0.1, 0.15) is 11.3 Å². The van der Waals surface area contributed by atoms with Crippen LogP contribution < -0.4 is 10.1 Å². The van der Waals surface area contributed by atoms with Crippen molar-refractivity contribution in [3.05, 3.63) is 57.5 Å². The molecule has 8 heteroatoms. The van der Waals surface area contributed by atoms with Gasteiger partial charge in [-0.25, -0.2) is 4.98 Å². The van der Waals surface area contributed by atoms with Crippen LogP contribution in [-0.2, 0) is 12.8 Å². The van der Waals surface area contributed by atoms with E-state index in [1.807, 2.05) is 24.3 Å². The molecule has 124 valence electrons. The number of nitrogens with one attached hydrogen (secondary N) is 2. The summed E-state index contributed by atoms with van der Waals surface area (Å²) in [7, 11) is 1.67. The van der Waals surface area contributed by atoms with Crippen LogP contribution in [0.5, 0.6) is 5.75 Å². The van der Waals surface area contributed by atoms with Gasteiger partial charge in [0.15, 0.2) is 11.6 Å². The fourth-order valence-corrected chi connectivity index (χ4v) is 2.64. The molecule has 24 heavy (non-hydrogen) atoms. The van der Waals surface area contributed by atoms with Gasteiger partial charge in [0.2, 0.25) is 5.28 Å². The predicted molar refractivity (Wildman–Crippen MR) is 97.0 cm³/mol. The van der Waals surface area contributed by atoms with Crippen molar-refractivity contribution in [1.29, 1.82) is 0 Å². The second-order valence-electron chi connectivity index (χ2n) is 5.09. The number of halogens is 2. The maximum Gasteiger partial charge on any atom is 0.224 e. The van der Waals surface area contributed by atoms with Gasteiger partial charge in [0.1, 0.15) is 5.75 Å². The number of H-pyrrole nitrogens is 1. The topological polar surface area (TPSA) is 75.7 Å². The summed E-state index contributed by atoms with van der Waals surface area (Å²) < 4.78 is 5.96. The van der Waals surface area contributed by atoms with Crippen LogP contribution in [0.25, 0.3) is 0 Å². The Morgan fingerprint density at radius 1 is 1.29 bits per heavy atom. The molecule has 1 aromatic carbocycles. The van der Waals surface area contributed by atoms with Gasteiger partial charge < -0.3 is 10.1 Å². The number of anilines is 2. The number of benzene rings is 1. The summed E-state index contributed by atoms with van der Waals surface area (Å²) in [5.74, 6) is 2.11. The highest BCUT2D eigenvalue weighted by atomic mass is 79.9. The van der Waals surface area contributed by atoms with E-state index in [4.69, 9.17) is 16.3 Å². The minimum atomic E-state index is 0.175. The molecule has 0 spiro atoms. The summed E-state index contributed by atoms with van der Waals surface area (Å²) in [4.78, 5) is 8.01. The molecule has 6 nitrogen and oxygen atoms in total. The molecule has 0 aliphatic rings. The molecule has 0 saturated carbocycles.